The van der Waals surface area contributed by atoms with Gasteiger partial charge in [0, 0.05) is 5.69 Å². The van der Waals surface area contributed by atoms with Gasteiger partial charge in [-0.25, -0.2) is 18.2 Å². The van der Waals surface area contributed by atoms with Crippen LogP contribution in [0.1, 0.15) is 5.56 Å². The first kappa shape index (κ1) is 28.0. The van der Waals surface area contributed by atoms with Gasteiger partial charge in [0.1, 0.15) is 18.1 Å². The number of carbonyl (C=O) groups excluding carboxylic acids is 2. The van der Waals surface area contributed by atoms with Gasteiger partial charge in [0.15, 0.2) is 6.61 Å². The molecule has 0 unspecified atom stereocenters. The molecule has 2 N–H and O–H groups in total. The topological polar surface area (TPSA) is 117 Å². The molecule has 40 heavy (non-hydrogen) atoms. The molecule has 0 bridgehead atoms. The molecular formula is C29H25FN4O5S. The summed E-state index contributed by atoms with van der Waals surface area (Å²) in [4.78, 5) is 24.6. The molecule has 0 aliphatic carbocycles. The van der Waals surface area contributed by atoms with Crippen LogP contribution in [0.25, 0.3) is 0 Å². The standard InChI is InChI=1S/C29H25FN4O5S/c30-23-13-15-25(16-14-23)34(40(37,38)27-9-5-2-6-10-27)20-28(35)33-31-19-22-11-17-26(18-12-22)39-21-29(36)32-24-7-3-1-4-8-24/h1-19H,20-21H2,(H,32,36)(H,33,35)/b31-19-. The Kier molecular flexibility index (Phi) is 9.21. The molecule has 4 rings (SSSR count). The average Bonchev–Trinajstić information content (AvgIpc) is 2.97. The highest BCUT2D eigenvalue weighted by molar-refractivity contribution is 7.92. The SMILES string of the molecule is O=C(CN(c1ccc(F)cc1)S(=O)(=O)c1ccccc1)N/N=C\c1ccc(OCC(=O)Nc2ccccc2)cc1. The van der Waals surface area contributed by atoms with Gasteiger partial charge in [-0.3, -0.25) is 13.9 Å². The quantitative estimate of drug-likeness (QED) is 0.211. The van der Waals surface area contributed by atoms with Gasteiger partial charge in [-0.2, -0.15) is 5.10 Å². The number of ether oxygens (including phenoxy) is 1. The highest BCUT2D eigenvalue weighted by atomic mass is 32.2. The third-order valence-corrected chi connectivity index (χ3v) is 7.23. The zero-order valence-corrected chi connectivity index (χ0v) is 21.9. The van der Waals surface area contributed by atoms with Crippen molar-refractivity contribution in [3.8, 4) is 5.75 Å². The lowest BCUT2D eigenvalue weighted by Gasteiger charge is -2.23. The third-order valence-electron chi connectivity index (χ3n) is 5.44. The Morgan fingerprint density at radius 2 is 1.45 bits per heavy atom. The Morgan fingerprint density at radius 3 is 2.10 bits per heavy atom. The van der Waals surface area contributed by atoms with Crippen molar-refractivity contribution in [3.63, 3.8) is 0 Å². The van der Waals surface area contributed by atoms with Crippen LogP contribution >= 0.6 is 0 Å². The summed E-state index contributed by atoms with van der Waals surface area (Å²) in [5, 5.41) is 6.62. The molecule has 0 atom stereocenters. The van der Waals surface area contributed by atoms with Crippen LogP contribution in [0, 0.1) is 5.82 Å². The van der Waals surface area contributed by atoms with Gasteiger partial charge in [-0.15, -0.1) is 0 Å². The van der Waals surface area contributed by atoms with E-state index in [-0.39, 0.29) is 23.1 Å². The van der Waals surface area contributed by atoms with Crippen LogP contribution in [0.5, 0.6) is 5.75 Å². The van der Waals surface area contributed by atoms with Crippen molar-refractivity contribution in [2.75, 3.05) is 22.8 Å². The first-order chi connectivity index (χ1) is 19.3. The molecule has 11 heteroatoms. The number of hydrazone groups is 1. The zero-order valence-electron chi connectivity index (χ0n) is 21.1. The highest BCUT2D eigenvalue weighted by Gasteiger charge is 2.27. The maximum absolute atomic E-state index is 13.5. The summed E-state index contributed by atoms with van der Waals surface area (Å²) in [5.41, 5.74) is 3.72. The Balaban J connectivity index is 1.34. The summed E-state index contributed by atoms with van der Waals surface area (Å²) >= 11 is 0. The highest BCUT2D eigenvalue weighted by Crippen LogP contribution is 2.23. The van der Waals surface area contributed by atoms with E-state index >= 15 is 0 Å². The van der Waals surface area contributed by atoms with Gasteiger partial charge in [0.25, 0.3) is 21.8 Å². The van der Waals surface area contributed by atoms with E-state index in [0.29, 0.717) is 17.0 Å². The van der Waals surface area contributed by atoms with Crippen LogP contribution in [0.15, 0.2) is 119 Å². The normalized spacial score (nSPS) is 11.1. The number of halogens is 1. The number of nitrogens with zero attached hydrogens (tertiary/aromatic N) is 2. The second kappa shape index (κ2) is 13.2. The molecule has 0 saturated carbocycles. The van der Waals surface area contributed by atoms with Gasteiger partial charge < -0.3 is 10.1 Å². The van der Waals surface area contributed by atoms with E-state index in [9.17, 15) is 22.4 Å². The van der Waals surface area contributed by atoms with E-state index in [1.807, 2.05) is 18.2 Å². The maximum Gasteiger partial charge on any atom is 0.264 e. The number of hydrogen-bond donors (Lipinski definition) is 2. The monoisotopic (exact) mass is 560 g/mol. The molecule has 0 saturated heterocycles. The largest absolute Gasteiger partial charge is 0.484 e. The summed E-state index contributed by atoms with van der Waals surface area (Å²) in [5.74, 6) is -1.08. The fourth-order valence-electron chi connectivity index (χ4n) is 3.50. The summed E-state index contributed by atoms with van der Waals surface area (Å²) in [6, 6.07) is 28.0. The van der Waals surface area contributed by atoms with Crippen LogP contribution in [-0.2, 0) is 19.6 Å². The fourth-order valence-corrected chi connectivity index (χ4v) is 4.95. The minimum Gasteiger partial charge on any atom is -0.484 e. The molecule has 9 nitrogen and oxygen atoms in total. The number of benzene rings is 4. The molecule has 0 fully saturated rings. The molecular weight excluding hydrogens is 535 g/mol. The number of amides is 2. The van der Waals surface area contributed by atoms with Crippen molar-refractivity contribution in [2.24, 2.45) is 5.10 Å². The lowest BCUT2D eigenvalue weighted by atomic mass is 10.2. The van der Waals surface area contributed by atoms with E-state index in [0.717, 1.165) is 16.4 Å². The van der Waals surface area contributed by atoms with Crippen LogP contribution in [0.4, 0.5) is 15.8 Å². The lowest BCUT2D eigenvalue weighted by molar-refractivity contribution is -0.119. The molecule has 4 aromatic rings. The van der Waals surface area contributed by atoms with Crippen molar-refractivity contribution in [1.82, 2.24) is 5.43 Å². The molecule has 0 radical (unpaired) electrons. The number of para-hydroxylation sites is 1. The third kappa shape index (κ3) is 7.74. The summed E-state index contributed by atoms with van der Waals surface area (Å²) in [7, 11) is -4.12. The van der Waals surface area contributed by atoms with Crippen molar-refractivity contribution >= 4 is 39.4 Å². The van der Waals surface area contributed by atoms with Crippen molar-refractivity contribution < 1.29 is 27.1 Å². The van der Waals surface area contributed by atoms with Crippen LogP contribution in [0.3, 0.4) is 0 Å². The lowest BCUT2D eigenvalue weighted by Crippen LogP contribution is -2.39. The van der Waals surface area contributed by atoms with E-state index in [1.165, 1.54) is 30.5 Å². The molecule has 0 heterocycles. The summed E-state index contributed by atoms with van der Waals surface area (Å²) in [6.07, 6.45) is 1.37. The number of rotatable bonds is 11. The first-order valence-electron chi connectivity index (χ1n) is 12.0. The number of nitrogens with one attached hydrogen (secondary N) is 2. The Labute approximate surface area is 231 Å². The van der Waals surface area contributed by atoms with E-state index in [2.05, 4.69) is 15.8 Å². The molecule has 0 aliphatic heterocycles. The van der Waals surface area contributed by atoms with Gasteiger partial charge in [0.2, 0.25) is 0 Å². The smallest absolute Gasteiger partial charge is 0.264 e. The molecule has 0 aromatic heterocycles. The average molecular weight is 561 g/mol. The Hall–Kier alpha value is -5.03. The van der Waals surface area contributed by atoms with Crippen molar-refractivity contribution in [1.29, 1.82) is 0 Å². The molecule has 0 spiro atoms. The van der Waals surface area contributed by atoms with Gasteiger partial charge in [-0.1, -0.05) is 36.4 Å². The zero-order chi connectivity index (χ0) is 28.4. The van der Waals surface area contributed by atoms with Crippen molar-refractivity contribution in [3.05, 3.63) is 121 Å². The van der Waals surface area contributed by atoms with E-state index < -0.39 is 28.3 Å². The van der Waals surface area contributed by atoms with Crippen LogP contribution in [-0.4, -0.2) is 39.6 Å². The maximum atomic E-state index is 13.5. The number of sulfonamides is 1. The van der Waals surface area contributed by atoms with Gasteiger partial charge >= 0.3 is 0 Å². The van der Waals surface area contributed by atoms with Crippen molar-refractivity contribution in [2.45, 2.75) is 4.90 Å². The molecule has 204 valence electrons. The molecule has 4 aromatic carbocycles. The minimum atomic E-state index is -4.12. The number of hydrogen-bond acceptors (Lipinski definition) is 6. The Morgan fingerprint density at radius 1 is 0.825 bits per heavy atom. The summed E-state index contributed by atoms with van der Waals surface area (Å²) in [6.45, 7) is -0.757. The fraction of sp³-hybridized carbons (Fsp3) is 0.0690. The predicted molar refractivity (Wildman–Crippen MR) is 150 cm³/mol. The predicted octanol–water partition coefficient (Wildman–Crippen LogP) is 4.19. The number of anilines is 2. The molecule has 0 aliphatic rings. The van der Waals surface area contributed by atoms with Gasteiger partial charge in [-0.05, 0) is 78.4 Å². The summed E-state index contributed by atoms with van der Waals surface area (Å²) < 4.78 is 46.3. The second-order valence-electron chi connectivity index (χ2n) is 8.37. The first-order valence-corrected chi connectivity index (χ1v) is 13.5. The van der Waals surface area contributed by atoms with E-state index in [4.69, 9.17) is 4.74 Å². The Bertz CT molecular complexity index is 1560. The second-order valence-corrected chi connectivity index (χ2v) is 10.2. The molecule has 2 amide bonds. The minimum absolute atomic E-state index is 0.0181. The number of carbonyl (C=O) groups is 2. The van der Waals surface area contributed by atoms with Crippen LogP contribution in [0.2, 0.25) is 0 Å². The van der Waals surface area contributed by atoms with E-state index in [1.54, 1.807) is 54.6 Å². The van der Waals surface area contributed by atoms with Gasteiger partial charge in [0.05, 0.1) is 16.8 Å². The van der Waals surface area contributed by atoms with Crippen LogP contribution < -0.4 is 19.8 Å².